The van der Waals surface area contributed by atoms with E-state index in [1.807, 2.05) is 56.3 Å². The summed E-state index contributed by atoms with van der Waals surface area (Å²) in [6.07, 6.45) is 0. The minimum absolute atomic E-state index is 0.191. The maximum atomic E-state index is 12.3. The van der Waals surface area contributed by atoms with E-state index >= 15 is 0 Å². The van der Waals surface area contributed by atoms with E-state index in [2.05, 4.69) is 15.3 Å². The van der Waals surface area contributed by atoms with Gasteiger partial charge in [-0.15, -0.1) is 0 Å². The zero-order valence-corrected chi connectivity index (χ0v) is 14.0. The van der Waals surface area contributed by atoms with Crippen LogP contribution in [0.4, 0.5) is 11.5 Å². The molecule has 5 heteroatoms. The van der Waals surface area contributed by atoms with Gasteiger partial charge in [-0.3, -0.25) is 0 Å². The van der Waals surface area contributed by atoms with Crippen molar-refractivity contribution in [2.24, 2.45) is 0 Å². The smallest absolute Gasteiger partial charge is 0.360 e. The Morgan fingerprint density at radius 2 is 1.67 bits per heavy atom. The second-order valence-corrected chi connectivity index (χ2v) is 5.56. The number of esters is 1. The summed E-state index contributed by atoms with van der Waals surface area (Å²) in [5, 5.41) is 3.16. The third kappa shape index (κ3) is 3.20. The van der Waals surface area contributed by atoms with Crippen molar-refractivity contribution in [3.63, 3.8) is 0 Å². The monoisotopic (exact) mass is 321 g/mol. The Balaban J connectivity index is 2.14. The van der Waals surface area contributed by atoms with E-state index < -0.39 is 5.97 Å². The van der Waals surface area contributed by atoms with Crippen LogP contribution < -0.4 is 5.32 Å². The zero-order valence-electron chi connectivity index (χ0n) is 14.0. The number of fused-ring (bicyclic) bond motifs is 1. The zero-order chi connectivity index (χ0) is 17.1. The van der Waals surface area contributed by atoms with Gasteiger partial charge in [0.25, 0.3) is 0 Å². The van der Waals surface area contributed by atoms with Gasteiger partial charge in [0.2, 0.25) is 0 Å². The number of rotatable bonds is 4. The maximum Gasteiger partial charge on any atom is 0.360 e. The number of aryl methyl sites for hydroxylation is 2. The summed E-state index contributed by atoms with van der Waals surface area (Å²) >= 11 is 0. The molecule has 5 nitrogen and oxygen atoms in total. The van der Waals surface area contributed by atoms with Crippen LogP contribution in [0.1, 0.15) is 28.5 Å². The van der Waals surface area contributed by atoms with Gasteiger partial charge < -0.3 is 10.1 Å². The molecule has 3 rings (SSSR count). The van der Waals surface area contributed by atoms with Gasteiger partial charge in [-0.2, -0.15) is 0 Å². The number of carbonyl (C=O) groups is 1. The van der Waals surface area contributed by atoms with Crippen LogP contribution in [-0.4, -0.2) is 22.5 Å². The Morgan fingerprint density at radius 1 is 1.04 bits per heavy atom. The predicted molar refractivity (Wildman–Crippen MR) is 94.7 cm³/mol. The molecule has 0 atom stereocenters. The van der Waals surface area contributed by atoms with Gasteiger partial charge in [0, 0.05) is 5.69 Å². The normalized spacial score (nSPS) is 10.6. The number of ether oxygens (including phenoxy) is 1. The average molecular weight is 321 g/mol. The van der Waals surface area contributed by atoms with E-state index in [9.17, 15) is 4.79 Å². The quantitative estimate of drug-likeness (QED) is 0.731. The first kappa shape index (κ1) is 15.9. The molecule has 0 spiro atoms. The lowest BCUT2D eigenvalue weighted by atomic mass is 10.1. The summed E-state index contributed by atoms with van der Waals surface area (Å²) in [7, 11) is 0. The second kappa shape index (κ2) is 6.66. The minimum Gasteiger partial charge on any atom is -0.461 e. The van der Waals surface area contributed by atoms with Crippen molar-refractivity contribution in [2.45, 2.75) is 20.8 Å². The fourth-order valence-corrected chi connectivity index (χ4v) is 2.40. The maximum absolute atomic E-state index is 12.3. The number of anilines is 2. The van der Waals surface area contributed by atoms with Crippen molar-refractivity contribution in [1.82, 2.24) is 9.97 Å². The Hall–Kier alpha value is -2.95. The topological polar surface area (TPSA) is 64.1 Å². The molecule has 0 unspecified atom stereocenters. The van der Waals surface area contributed by atoms with E-state index in [1.165, 1.54) is 0 Å². The van der Waals surface area contributed by atoms with Gasteiger partial charge in [0.15, 0.2) is 11.5 Å². The molecule has 24 heavy (non-hydrogen) atoms. The van der Waals surface area contributed by atoms with E-state index in [-0.39, 0.29) is 12.3 Å². The van der Waals surface area contributed by atoms with E-state index in [0.29, 0.717) is 11.3 Å². The van der Waals surface area contributed by atoms with Crippen LogP contribution in [0.2, 0.25) is 0 Å². The number of para-hydroxylation sites is 1. The van der Waals surface area contributed by atoms with Crippen LogP contribution in [-0.2, 0) is 4.74 Å². The molecule has 1 aromatic heterocycles. The SMILES string of the molecule is CCOC(=O)c1nc2cc(C)c(C)cc2nc1Nc1ccccc1. The minimum atomic E-state index is -0.483. The number of benzene rings is 2. The third-order valence-corrected chi connectivity index (χ3v) is 3.79. The van der Waals surface area contributed by atoms with Crippen molar-refractivity contribution in [2.75, 3.05) is 11.9 Å². The van der Waals surface area contributed by atoms with Gasteiger partial charge in [-0.1, -0.05) is 18.2 Å². The first-order chi connectivity index (χ1) is 11.6. The highest BCUT2D eigenvalue weighted by Crippen LogP contribution is 2.23. The van der Waals surface area contributed by atoms with Crippen LogP contribution in [0.25, 0.3) is 11.0 Å². The third-order valence-electron chi connectivity index (χ3n) is 3.79. The molecule has 0 radical (unpaired) electrons. The number of aromatic nitrogens is 2. The standard InChI is InChI=1S/C19H19N3O2/c1-4-24-19(23)17-18(20-14-8-6-5-7-9-14)22-16-11-13(3)12(2)10-15(16)21-17/h5-11H,4H2,1-3H3,(H,20,22). The Kier molecular flexibility index (Phi) is 4.42. The van der Waals surface area contributed by atoms with Crippen molar-refractivity contribution in [1.29, 1.82) is 0 Å². The molecular weight excluding hydrogens is 302 g/mol. The van der Waals surface area contributed by atoms with Crippen molar-refractivity contribution in [3.05, 3.63) is 59.3 Å². The van der Waals surface area contributed by atoms with Crippen molar-refractivity contribution >= 4 is 28.5 Å². The highest BCUT2D eigenvalue weighted by Gasteiger charge is 2.18. The molecule has 0 aliphatic carbocycles. The molecule has 0 aliphatic heterocycles. The molecule has 0 bridgehead atoms. The molecule has 1 N–H and O–H groups in total. The van der Waals surface area contributed by atoms with Crippen LogP contribution in [0.5, 0.6) is 0 Å². The summed E-state index contributed by atoms with van der Waals surface area (Å²) in [4.78, 5) is 21.4. The number of hydrogen-bond donors (Lipinski definition) is 1. The summed E-state index contributed by atoms with van der Waals surface area (Å²) < 4.78 is 5.13. The highest BCUT2D eigenvalue weighted by molar-refractivity contribution is 5.96. The molecular formula is C19H19N3O2. The summed E-state index contributed by atoms with van der Waals surface area (Å²) in [5.41, 5.74) is 4.68. The molecule has 0 amide bonds. The van der Waals surface area contributed by atoms with Gasteiger partial charge in [-0.25, -0.2) is 14.8 Å². The summed E-state index contributed by atoms with van der Waals surface area (Å²) in [6.45, 7) is 6.09. The molecule has 0 saturated carbocycles. The van der Waals surface area contributed by atoms with Gasteiger partial charge >= 0.3 is 5.97 Å². The second-order valence-electron chi connectivity index (χ2n) is 5.56. The van der Waals surface area contributed by atoms with Crippen LogP contribution in [0.3, 0.4) is 0 Å². The number of hydrogen-bond acceptors (Lipinski definition) is 5. The van der Waals surface area contributed by atoms with E-state index in [4.69, 9.17) is 4.74 Å². The molecule has 3 aromatic rings. The first-order valence-electron chi connectivity index (χ1n) is 7.86. The van der Waals surface area contributed by atoms with Crippen LogP contribution in [0, 0.1) is 13.8 Å². The average Bonchev–Trinajstić information content (AvgIpc) is 2.57. The van der Waals surface area contributed by atoms with Crippen LogP contribution >= 0.6 is 0 Å². The molecule has 122 valence electrons. The largest absolute Gasteiger partial charge is 0.461 e. The van der Waals surface area contributed by atoms with Crippen LogP contribution in [0.15, 0.2) is 42.5 Å². The Bertz CT molecular complexity index is 892. The molecule has 0 aliphatic rings. The van der Waals surface area contributed by atoms with Gasteiger partial charge in [0.05, 0.1) is 17.6 Å². The summed E-state index contributed by atoms with van der Waals surface area (Å²) in [6, 6.07) is 13.5. The lowest BCUT2D eigenvalue weighted by Crippen LogP contribution is -2.12. The molecule has 0 fully saturated rings. The van der Waals surface area contributed by atoms with Crippen molar-refractivity contribution in [3.8, 4) is 0 Å². The van der Waals surface area contributed by atoms with Gasteiger partial charge in [-0.05, 0) is 56.2 Å². The van der Waals surface area contributed by atoms with E-state index in [1.54, 1.807) is 6.92 Å². The summed E-state index contributed by atoms with van der Waals surface area (Å²) in [5.74, 6) is -0.0843. The lowest BCUT2D eigenvalue weighted by molar-refractivity contribution is 0.0521. The fraction of sp³-hybridized carbons (Fsp3) is 0.211. The van der Waals surface area contributed by atoms with Crippen molar-refractivity contribution < 1.29 is 9.53 Å². The molecule has 0 saturated heterocycles. The number of nitrogens with one attached hydrogen (secondary N) is 1. The molecule has 2 aromatic carbocycles. The molecule has 1 heterocycles. The van der Waals surface area contributed by atoms with E-state index in [0.717, 1.165) is 22.3 Å². The highest BCUT2D eigenvalue weighted by atomic mass is 16.5. The fourth-order valence-electron chi connectivity index (χ4n) is 2.40. The Labute approximate surface area is 140 Å². The van der Waals surface area contributed by atoms with Gasteiger partial charge in [0.1, 0.15) is 0 Å². The number of carbonyl (C=O) groups excluding carboxylic acids is 1. The lowest BCUT2D eigenvalue weighted by Gasteiger charge is -2.12. The first-order valence-corrected chi connectivity index (χ1v) is 7.86. The Morgan fingerprint density at radius 3 is 2.29 bits per heavy atom. The number of nitrogens with zero attached hydrogens (tertiary/aromatic N) is 2. The predicted octanol–water partition coefficient (Wildman–Crippen LogP) is 4.17.